The van der Waals surface area contributed by atoms with Crippen molar-refractivity contribution in [2.24, 2.45) is 0 Å². The quantitative estimate of drug-likeness (QED) is 0.746. The zero-order chi connectivity index (χ0) is 12.5. The van der Waals surface area contributed by atoms with Crippen LogP contribution in [0.1, 0.15) is 12.8 Å². The van der Waals surface area contributed by atoms with E-state index in [0.29, 0.717) is 32.5 Å². The van der Waals surface area contributed by atoms with Crippen LogP contribution in [0.15, 0.2) is 24.1 Å². The summed E-state index contributed by atoms with van der Waals surface area (Å²) in [5, 5.41) is 3.30. The van der Waals surface area contributed by atoms with Gasteiger partial charge >= 0.3 is 0 Å². The molecule has 0 aliphatic carbocycles. The predicted molar refractivity (Wildman–Crippen MR) is 65.7 cm³/mol. The number of rotatable bonds is 3. The van der Waals surface area contributed by atoms with Gasteiger partial charge in [-0.15, -0.1) is 0 Å². The van der Waals surface area contributed by atoms with Crippen LogP contribution in [0.5, 0.6) is 0 Å². The highest BCUT2D eigenvalue weighted by Gasteiger charge is 2.41. The number of sulfonamides is 1. The molecule has 2 fully saturated rings. The summed E-state index contributed by atoms with van der Waals surface area (Å²) in [6.45, 7) is 9.43. The van der Waals surface area contributed by atoms with Crippen molar-refractivity contribution in [3.05, 3.63) is 24.1 Å². The summed E-state index contributed by atoms with van der Waals surface area (Å²) >= 11 is 0. The fraction of sp³-hybridized carbons (Fsp3) is 0.636. The third kappa shape index (κ3) is 2.30. The van der Waals surface area contributed by atoms with E-state index in [2.05, 4.69) is 18.5 Å². The maximum Gasteiger partial charge on any atom is 0.242 e. The first kappa shape index (κ1) is 12.8. The van der Waals surface area contributed by atoms with E-state index in [0.717, 1.165) is 6.54 Å². The lowest BCUT2D eigenvalue weighted by molar-refractivity contribution is -0.0444. The van der Waals surface area contributed by atoms with E-state index in [9.17, 15) is 8.42 Å². The molecule has 17 heavy (non-hydrogen) atoms. The Bertz CT molecular complexity index is 414. The fourth-order valence-electron chi connectivity index (χ4n) is 2.26. The molecule has 96 valence electrons. The molecule has 0 aromatic carbocycles. The van der Waals surface area contributed by atoms with Crippen molar-refractivity contribution in [3.8, 4) is 0 Å². The molecule has 6 heteroatoms. The highest BCUT2D eigenvalue weighted by atomic mass is 32.2. The molecule has 0 atom stereocenters. The van der Waals surface area contributed by atoms with E-state index in [1.54, 1.807) is 0 Å². The topological polar surface area (TPSA) is 58.6 Å². The summed E-state index contributed by atoms with van der Waals surface area (Å²) in [5.41, 5.74) is -0.304. The number of hydrogen-bond acceptors (Lipinski definition) is 4. The number of nitrogens with zero attached hydrogens (tertiary/aromatic N) is 1. The van der Waals surface area contributed by atoms with Gasteiger partial charge in [-0.05, 0) is 6.08 Å². The van der Waals surface area contributed by atoms with Crippen LogP contribution in [0.25, 0.3) is 0 Å². The number of piperidine rings is 1. The second kappa shape index (κ2) is 4.53. The van der Waals surface area contributed by atoms with Gasteiger partial charge in [0, 0.05) is 32.5 Å². The van der Waals surface area contributed by atoms with E-state index in [1.807, 2.05) is 0 Å². The Balaban J connectivity index is 2.04. The molecule has 0 radical (unpaired) electrons. The third-order valence-corrected chi connectivity index (χ3v) is 5.23. The lowest BCUT2D eigenvalue weighted by atomic mass is 10.0. The molecule has 2 aliphatic heterocycles. The van der Waals surface area contributed by atoms with Crippen LogP contribution in [0.2, 0.25) is 0 Å². The van der Waals surface area contributed by atoms with Crippen molar-refractivity contribution < 1.29 is 13.2 Å². The summed E-state index contributed by atoms with van der Waals surface area (Å²) in [5.74, 6) is 0. The molecule has 2 heterocycles. The molecule has 0 unspecified atom stereocenters. The maximum atomic E-state index is 12.0. The SMILES string of the molecule is C=CC(=C)S(=O)(=O)N1CCC2(CC1)NCCO2. The molecule has 2 rings (SSSR count). The van der Waals surface area contributed by atoms with Crippen LogP contribution in [-0.2, 0) is 14.8 Å². The zero-order valence-corrected chi connectivity index (χ0v) is 10.6. The van der Waals surface area contributed by atoms with Gasteiger partial charge in [-0.25, -0.2) is 8.42 Å². The Morgan fingerprint density at radius 1 is 1.41 bits per heavy atom. The Morgan fingerprint density at radius 2 is 2.06 bits per heavy atom. The van der Waals surface area contributed by atoms with Crippen LogP contribution in [0.4, 0.5) is 0 Å². The molecular weight excluding hydrogens is 240 g/mol. The van der Waals surface area contributed by atoms with E-state index in [-0.39, 0.29) is 10.6 Å². The number of ether oxygens (including phenoxy) is 1. The number of allylic oxidation sites excluding steroid dienone is 1. The average Bonchev–Trinajstić information content (AvgIpc) is 2.77. The minimum absolute atomic E-state index is 0.0637. The zero-order valence-electron chi connectivity index (χ0n) is 9.81. The molecular formula is C11H18N2O3S. The van der Waals surface area contributed by atoms with Crippen LogP contribution in [0.3, 0.4) is 0 Å². The van der Waals surface area contributed by atoms with Gasteiger partial charge in [-0.3, -0.25) is 5.32 Å². The van der Waals surface area contributed by atoms with Crippen LogP contribution < -0.4 is 5.32 Å². The van der Waals surface area contributed by atoms with E-state index >= 15 is 0 Å². The average molecular weight is 258 g/mol. The Morgan fingerprint density at radius 3 is 2.53 bits per heavy atom. The van der Waals surface area contributed by atoms with Crippen molar-refractivity contribution >= 4 is 10.0 Å². The van der Waals surface area contributed by atoms with Crippen molar-refractivity contribution in [1.29, 1.82) is 0 Å². The van der Waals surface area contributed by atoms with Crippen LogP contribution >= 0.6 is 0 Å². The van der Waals surface area contributed by atoms with Gasteiger partial charge in [0.1, 0.15) is 5.72 Å². The van der Waals surface area contributed by atoms with Gasteiger partial charge in [0.25, 0.3) is 0 Å². The minimum atomic E-state index is -3.42. The normalized spacial score (nSPS) is 24.9. The van der Waals surface area contributed by atoms with Gasteiger partial charge in [0.05, 0.1) is 11.5 Å². The van der Waals surface area contributed by atoms with Gasteiger partial charge in [-0.2, -0.15) is 4.31 Å². The van der Waals surface area contributed by atoms with E-state index in [1.165, 1.54) is 10.4 Å². The summed E-state index contributed by atoms with van der Waals surface area (Å²) < 4.78 is 31.1. The first-order chi connectivity index (χ1) is 8.00. The largest absolute Gasteiger partial charge is 0.359 e. The number of nitrogens with one attached hydrogen (secondary N) is 1. The Labute approximate surface area is 102 Å². The molecule has 0 bridgehead atoms. The predicted octanol–water partition coefficient (Wildman–Crippen LogP) is 0.428. The minimum Gasteiger partial charge on any atom is -0.359 e. The van der Waals surface area contributed by atoms with Crippen molar-refractivity contribution in [2.45, 2.75) is 18.6 Å². The third-order valence-electron chi connectivity index (χ3n) is 3.36. The summed E-state index contributed by atoms with van der Waals surface area (Å²) in [4.78, 5) is 0.0637. The summed E-state index contributed by atoms with van der Waals surface area (Å²) in [7, 11) is -3.42. The van der Waals surface area contributed by atoms with Crippen LogP contribution in [0, 0.1) is 0 Å². The van der Waals surface area contributed by atoms with Gasteiger partial charge < -0.3 is 4.74 Å². The van der Waals surface area contributed by atoms with Crippen molar-refractivity contribution in [2.75, 3.05) is 26.2 Å². The lowest BCUT2D eigenvalue weighted by Crippen LogP contribution is -2.52. The Kier molecular flexibility index (Phi) is 3.40. The second-order valence-corrected chi connectivity index (χ2v) is 6.33. The molecule has 5 nitrogen and oxygen atoms in total. The molecule has 2 aliphatic rings. The highest BCUT2D eigenvalue weighted by Crippen LogP contribution is 2.29. The number of hydrogen-bond donors (Lipinski definition) is 1. The van der Waals surface area contributed by atoms with Crippen molar-refractivity contribution in [1.82, 2.24) is 9.62 Å². The summed E-state index contributed by atoms with van der Waals surface area (Å²) in [6, 6.07) is 0. The molecule has 0 aromatic rings. The fourth-order valence-corrected chi connectivity index (χ4v) is 3.46. The maximum absolute atomic E-state index is 12.0. The molecule has 1 spiro atoms. The van der Waals surface area contributed by atoms with Crippen molar-refractivity contribution in [3.63, 3.8) is 0 Å². The second-order valence-electron chi connectivity index (χ2n) is 4.34. The smallest absolute Gasteiger partial charge is 0.242 e. The molecule has 0 amide bonds. The van der Waals surface area contributed by atoms with E-state index < -0.39 is 10.0 Å². The summed E-state index contributed by atoms with van der Waals surface area (Å²) in [6.07, 6.45) is 2.64. The first-order valence-corrected chi connectivity index (χ1v) is 7.15. The highest BCUT2D eigenvalue weighted by molar-refractivity contribution is 7.93. The molecule has 0 saturated carbocycles. The Hall–Kier alpha value is -0.690. The monoisotopic (exact) mass is 258 g/mol. The van der Waals surface area contributed by atoms with E-state index in [4.69, 9.17) is 4.74 Å². The van der Waals surface area contributed by atoms with Crippen LogP contribution in [-0.4, -0.2) is 44.7 Å². The standard InChI is InChI=1S/C11H18N2O3S/c1-3-10(2)17(14,15)13-7-4-11(5-8-13)12-6-9-16-11/h3,12H,1-2,4-9H2. The van der Waals surface area contributed by atoms with Gasteiger partial charge in [-0.1, -0.05) is 13.2 Å². The van der Waals surface area contributed by atoms with Gasteiger partial charge in [0.2, 0.25) is 10.0 Å². The van der Waals surface area contributed by atoms with Gasteiger partial charge in [0.15, 0.2) is 0 Å². The lowest BCUT2D eigenvalue weighted by Gasteiger charge is -2.37. The first-order valence-electron chi connectivity index (χ1n) is 5.71. The molecule has 2 saturated heterocycles. The molecule has 0 aromatic heterocycles. The molecule has 1 N–H and O–H groups in total.